The number of amides is 1. The Kier molecular flexibility index (Phi) is 6.09. The smallest absolute Gasteiger partial charge is 0.254 e. The maximum atomic E-state index is 12.5. The largest absolute Gasteiger partial charge is 0.368 e. The highest BCUT2D eigenvalue weighted by Gasteiger charge is 2.21. The second kappa shape index (κ2) is 8.72. The lowest BCUT2D eigenvalue weighted by atomic mass is 10.1. The minimum absolute atomic E-state index is 0.00695. The van der Waals surface area contributed by atoms with Crippen molar-refractivity contribution in [2.24, 2.45) is 0 Å². The molecule has 1 N–H and O–H groups in total. The predicted octanol–water partition coefficient (Wildman–Crippen LogP) is 3.08. The van der Waals surface area contributed by atoms with Gasteiger partial charge in [0.2, 0.25) is 0 Å². The number of carbonyl (C=O) groups excluding carboxylic acids is 1. The summed E-state index contributed by atoms with van der Waals surface area (Å²) in [5, 5.41) is 8.61. The Hall–Kier alpha value is -1.76. The molecule has 28 heavy (non-hydrogen) atoms. The van der Waals surface area contributed by atoms with Crippen molar-refractivity contribution < 1.29 is 4.79 Å². The maximum absolute atomic E-state index is 12.5. The summed E-state index contributed by atoms with van der Waals surface area (Å²) in [4.78, 5) is 17.1. The number of benzene rings is 1. The third-order valence-corrected chi connectivity index (χ3v) is 6.39. The number of carbonyl (C=O) groups is 1. The molecule has 0 aliphatic carbocycles. The third-order valence-electron chi connectivity index (χ3n) is 5.58. The fourth-order valence-electron chi connectivity index (χ4n) is 3.98. The number of hydrogen-bond donors (Lipinski definition) is 1. The van der Waals surface area contributed by atoms with Gasteiger partial charge in [-0.05, 0) is 31.4 Å². The summed E-state index contributed by atoms with van der Waals surface area (Å²) in [5.41, 5.74) is 2.81. The van der Waals surface area contributed by atoms with Crippen LogP contribution >= 0.6 is 23.2 Å². The molecule has 4 rings (SSSR count). The number of nitrogens with one attached hydrogen (secondary N) is 1. The fourth-order valence-corrected chi connectivity index (χ4v) is 4.40. The molecule has 0 radical (unpaired) electrons. The molecule has 8 heteroatoms. The number of fused-ring (bicyclic) bond motifs is 1. The van der Waals surface area contributed by atoms with Crippen LogP contribution in [0.1, 0.15) is 28.9 Å². The molecule has 2 aliphatic rings. The van der Waals surface area contributed by atoms with Crippen molar-refractivity contribution in [3.05, 3.63) is 45.7 Å². The summed E-state index contributed by atoms with van der Waals surface area (Å²) in [6.45, 7) is 6.05. The van der Waals surface area contributed by atoms with Crippen molar-refractivity contribution in [1.29, 1.82) is 0 Å². The van der Waals surface area contributed by atoms with Gasteiger partial charge in [0, 0.05) is 45.8 Å². The lowest BCUT2D eigenvalue weighted by molar-refractivity contribution is 0.0946. The number of anilines is 1. The van der Waals surface area contributed by atoms with Crippen molar-refractivity contribution in [2.45, 2.75) is 25.8 Å². The lowest BCUT2D eigenvalue weighted by Gasteiger charge is -2.36. The number of rotatable bonds is 5. The van der Waals surface area contributed by atoms with Crippen LogP contribution in [-0.2, 0) is 13.0 Å². The van der Waals surface area contributed by atoms with Gasteiger partial charge >= 0.3 is 0 Å². The quantitative estimate of drug-likeness (QED) is 0.805. The van der Waals surface area contributed by atoms with Crippen molar-refractivity contribution in [2.75, 3.05) is 44.2 Å². The highest BCUT2D eigenvalue weighted by Crippen LogP contribution is 2.32. The molecule has 2 aliphatic heterocycles. The number of piperazine rings is 1. The molecule has 1 saturated heterocycles. The first-order chi connectivity index (χ1) is 13.6. The van der Waals surface area contributed by atoms with Crippen LogP contribution in [-0.4, -0.2) is 59.9 Å². The Morgan fingerprint density at radius 3 is 2.75 bits per heavy atom. The molecule has 1 aromatic heterocycles. The first kappa shape index (κ1) is 19.6. The Bertz CT molecular complexity index is 845. The zero-order chi connectivity index (χ0) is 19.5. The van der Waals surface area contributed by atoms with Crippen LogP contribution in [0.4, 0.5) is 5.69 Å². The van der Waals surface area contributed by atoms with Gasteiger partial charge in [0.15, 0.2) is 0 Å². The van der Waals surface area contributed by atoms with Gasteiger partial charge in [0.1, 0.15) is 0 Å². The van der Waals surface area contributed by atoms with E-state index in [0.717, 1.165) is 75.5 Å². The number of aryl methyl sites for hydroxylation is 1. The molecule has 0 saturated carbocycles. The van der Waals surface area contributed by atoms with Gasteiger partial charge in [-0.1, -0.05) is 29.3 Å². The summed E-state index contributed by atoms with van der Waals surface area (Å²) >= 11 is 12.5. The average Bonchev–Trinajstić information content (AvgIpc) is 3.15. The van der Waals surface area contributed by atoms with Gasteiger partial charge < -0.3 is 10.2 Å². The van der Waals surface area contributed by atoms with E-state index in [2.05, 4.69) is 20.2 Å². The Morgan fingerprint density at radius 2 is 1.93 bits per heavy atom. The van der Waals surface area contributed by atoms with E-state index < -0.39 is 0 Å². The average molecular weight is 422 g/mol. The molecule has 0 spiro atoms. The molecule has 0 atom stereocenters. The monoisotopic (exact) mass is 421 g/mol. The van der Waals surface area contributed by atoms with E-state index in [0.29, 0.717) is 16.6 Å². The Balaban J connectivity index is 1.24. The number of nitrogens with zero attached hydrogens (tertiary/aromatic N) is 4. The van der Waals surface area contributed by atoms with Crippen molar-refractivity contribution in [3.63, 3.8) is 0 Å². The molecular weight excluding hydrogens is 397 g/mol. The van der Waals surface area contributed by atoms with Crippen molar-refractivity contribution in [3.8, 4) is 0 Å². The molecule has 3 heterocycles. The molecule has 6 nitrogen and oxygen atoms in total. The molecule has 1 aromatic carbocycles. The van der Waals surface area contributed by atoms with E-state index in [-0.39, 0.29) is 5.91 Å². The molecule has 0 unspecified atom stereocenters. The topological polar surface area (TPSA) is 53.4 Å². The van der Waals surface area contributed by atoms with E-state index in [1.807, 2.05) is 22.9 Å². The number of aromatic nitrogens is 2. The van der Waals surface area contributed by atoms with Crippen molar-refractivity contribution >= 4 is 34.8 Å². The van der Waals surface area contributed by atoms with Crippen LogP contribution in [0.2, 0.25) is 10.0 Å². The second-order valence-corrected chi connectivity index (χ2v) is 8.13. The van der Waals surface area contributed by atoms with Crippen LogP contribution in [0.15, 0.2) is 24.4 Å². The van der Waals surface area contributed by atoms with Crippen LogP contribution in [0.3, 0.4) is 0 Å². The van der Waals surface area contributed by atoms with Crippen molar-refractivity contribution in [1.82, 2.24) is 20.0 Å². The molecular formula is C20H25Cl2N5O. The molecule has 2 aromatic rings. The van der Waals surface area contributed by atoms with Gasteiger partial charge in [-0.15, -0.1) is 0 Å². The van der Waals surface area contributed by atoms with Gasteiger partial charge in [0.25, 0.3) is 5.91 Å². The highest BCUT2D eigenvalue weighted by atomic mass is 35.5. The van der Waals surface area contributed by atoms with Gasteiger partial charge in [-0.3, -0.25) is 14.4 Å². The maximum Gasteiger partial charge on any atom is 0.254 e. The van der Waals surface area contributed by atoms with Gasteiger partial charge in [0.05, 0.1) is 33.2 Å². The molecule has 1 amide bonds. The Labute approximate surface area is 175 Å². The fraction of sp³-hybridized carbons (Fsp3) is 0.500. The number of hydrogen-bond acceptors (Lipinski definition) is 4. The molecule has 0 bridgehead atoms. The lowest BCUT2D eigenvalue weighted by Crippen LogP contribution is -2.48. The van der Waals surface area contributed by atoms with Gasteiger partial charge in [-0.25, -0.2) is 0 Å². The first-order valence-electron chi connectivity index (χ1n) is 9.87. The van der Waals surface area contributed by atoms with E-state index in [1.54, 1.807) is 6.20 Å². The normalized spacial score (nSPS) is 17.4. The first-order valence-corrected chi connectivity index (χ1v) is 10.6. The van der Waals surface area contributed by atoms with Crippen LogP contribution in [0.25, 0.3) is 0 Å². The van der Waals surface area contributed by atoms with E-state index >= 15 is 0 Å². The van der Waals surface area contributed by atoms with E-state index in [4.69, 9.17) is 23.2 Å². The van der Waals surface area contributed by atoms with E-state index in [1.165, 1.54) is 0 Å². The summed E-state index contributed by atoms with van der Waals surface area (Å²) in [6, 6.07) is 5.75. The number of halogens is 2. The molecule has 1 fully saturated rings. The highest BCUT2D eigenvalue weighted by molar-refractivity contribution is 6.43. The zero-order valence-electron chi connectivity index (χ0n) is 15.8. The Morgan fingerprint density at radius 1 is 1.11 bits per heavy atom. The summed E-state index contributed by atoms with van der Waals surface area (Å²) in [7, 11) is 0. The van der Waals surface area contributed by atoms with Crippen LogP contribution in [0.5, 0.6) is 0 Å². The SMILES string of the molecule is O=C(NCCN1CCN(c2cccc(Cl)c2Cl)CC1)c1cnn2c1CCCC2. The van der Waals surface area contributed by atoms with Gasteiger partial charge in [-0.2, -0.15) is 5.10 Å². The summed E-state index contributed by atoms with van der Waals surface area (Å²) in [6.07, 6.45) is 4.93. The van der Waals surface area contributed by atoms with E-state index in [9.17, 15) is 4.79 Å². The zero-order valence-corrected chi connectivity index (χ0v) is 17.3. The standard InChI is InChI=1S/C20H25Cl2N5O/c21-16-4-3-6-18(19(16)22)26-12-10-25(11-13-26)9-7-23-20(28)15-14-24-27-8-2-1-5-17(15)27/h3-4,6,14H,1-2,5,7-13H2,(H,23,28). The van der Waals surface area contributed by atoms with Crippen LogP contribution < -0.4 is 10.2 Å². The second-order valence-electron chi connectivity index (χ2n) is 7.34. The predicted molar refractivity (Wildman–Crippen MR) is 113 cm³/mol. The molecule has 150 valence electrons. The summed E-state index contributed by atoms with van der Waals surface area (Å²) < 4.78 is 1.97. The minimum atomic E-state index is -0.00695. The minimum Gasteiger partial charge on any atom is -0.368 e. The third kappa shape index (κ3) is 4.14. The summed E-state index contributed by atoms with van der Waals surface area (Å²) in [5.74, 6) is -0.00695. The van der Waals surface area contributed by atoms with Crippen LogP contribution in [0, 0.1) is 0 Å².